The molecule has 1 aromatic heterocycles. The van der Waals surface area contributed by atoms with Gasteiger partial charge in [0.2, 0.25) is 0 Å². The molecule has 0 aliphatic heterocycles. The van der Waals surface area contributed by atoms with Gasteiger partial charge < -0.3 is 4.18 Å². The van der Waals surface area contributed by atoms with Crippen LogP contribution in [0.4, 0.5) is 5.69 Å². The topological polar surface area (TPSA) is 99.4 Å². The fourth-order valence-corrected chi connectivity index (χ4v) is 4.53. The summed E-state index contributed by atoms with van der Waals surface area (Å²) in [6.07, 6.45) is 0. The Bertz CT molecular complexity index is 1070. The van der Waals surface area contributed by atoms with Crippen LogP contribution in [0, 0.1) is 24.0 Å². The third-order valence-corrected chi connectivity index (χ3v) is 6.02. The fourth-order valence-electron chi connectivity index (χ4n) is 2.41. The van der Waals surface area contributed by atoms with E-state index in [0.29, 0.717) is 0 Å². The quantitative estimate of drug-likeness (QED) is 0.369. The molecular weight excluding hydrogens is 376 g/mol. The molecule has 0 unspecified atom stereocenters. The van der Waals surface area contributed by atoms with Crippen molar-refractivity contribution in [2.45, 2.75) is 18.7 Å². The van der Waals surface area contributed by atoms with Crippen LogP contribution in [-0.2, 0) is 10.1 Å². The second kappa shape index (κ2) is 6.85. The van der Waals surface area contributed by atoms with Gasteiger partial charge in [-0.1, -0.05) is 12.1 Å². The summed E-state index contributed by atoms with van der Waals surface area (Å²) in [6, 6.07) is 10.4. The molecule has 0 saturated heterocycles. The number of benzene rings is 2. The number of thiazole rings is 1. The Labute approximate surface area is 154 Å². The lowest BCUT2D eigenvalue weighted by Crippen LogP contribution is -2.13. The van der Waals surface area contributed by atoms with Crippen molar-refractivity contribution < 1.29 is 17.5 Å². The maximum absolute atomic E-state index is 12.6. The SMILES string of the molecule is Cc1csc(-c2ccc(OS(=O)(=O)c3c(C)cccc3[N+](=O)[O-])cc2)n1. The highest BCUT2D eigenvalue weighted by molar-refractivity contribution is 7.87. The highest BCUT2D eigenvalue weighted by Crippen LogP contribution is 2.31. The molecule has 3 aromatic rings. The zero-order chi connectivity index (χ0) is 18.9. The summed E-state index contributed by atoms with van der Waals surface area (Å²) in [6.45, 7) is 3.37. The van der Waals surface area contributed by atoms with Crippen molar-refractivity contribution in [2.24, 2.45) is 0 Å². The molecule has 0 atom stereocenters. The summed E-state index contributed by atoms with van der Waals surface area (Å²) in [5, 5.41) is 13.9. The van der Waals surface area contributed by atoms with Gasteiger partial charge in [-0.2, -0.15) is 8.42 Å². The molecule has 0 bridgehead atoms. The molecular formula is C17H14N2O5S2. The van der Waals surface area contributed by atoms with E-state index in [2.05, 4.69) is 4.98 Å². The minimum absolute atomic E-state index is 0.0691. The van der Waals surface area contributed by atoms with Gasteiger partial charge in [-0.25, -0.2) is 4.98 Å². The van der Waals surface area contributed by atoms with Crippen LogP contribution in [0.2, 0.25) is 0 Å². The van der Waals surface area contributed by atoms with E-state index in [1.54, 1.807) is 12.1 Å². The first-order chi connectivity index (χ1) is 12.3. The van der Waals surface area contributed by atoms with Gasteiger partial charge in [0, 0.05) is 22.7 Å². The second-order valence-electron chi connectivity index (χ2n) is 5.54. The Morgan fingerprint density at radius 2 is 1.81 bits per heavy atom. The van der Waals surface area contributed by atoms with E-state index < -0.39 is 25.6 Å². The number of nitro benzene ring substituents is 1. The zero-order valence-electron chi connectivity index (χ0n) is 13.9. The smallest absolute Gasteiger partial charge is 0.346 e. The lowest BCUT2D eigenvalue weighted by Gasteiger charge is -2.10. The molecule has 134 valence electrons. The molecule has 0 aliphatic rings. The Morgan fingerprint density at radius 1 is 1.12 bits per heavy atom. The van der Waals surface area contributed by atoms with E-state index >= 15 is 0 Å². The van der Waals surface area contributed by atoms with Crippen molar-refractivity contribution >= 4 is 27.1 Å². The number of aromatic nitrogens is 1. The Hall–Kier alpha value is -2.78. The summed E-state index contributed by atoms with van der Waals surface area (Å²) in [7, 11) is -4.35. The van der Waals surface area contributed by atoms with Gasteiger partial charge in [0.05, 0.1) is 4.92 Å². The average molecular weight is 390 g/mol. The molecule has 0 radical (unpaired) electrons. The molecule has 0 spiro atoms. The van der Waals surface area contributed by atoms with Gasteiger partial charge in [0.1, 0.15) is 10.8 Å². The van der Waals surface area contributed by atoms with Gasteiger partial charge >= 0.3 is 10.1 Å². The fraction of sp³-hybridized carbons (Fsp3) is 0.118. The molecule has 0 fully saturated rings. The number of aryl methyl sites for hydroxylation is 2. The van der Waals surface area contributed by atoms with Crippen LogP contribution in [0.3, 0.4) is 0 Å². The van der Waals surface area contributed by atoms with Crippen molar-refractivity contribution in [2.75, 3.05) is 0 Å². The second-order valence-corrected chi connectivity index (χ2v) is 7.88. The van der Waals surface area contributed by atoms with E-state index in [4.69, 9.17) is 4.18 Å². The standard InChI is InChI=1S/C17H14N2O5S2/c1-11-4-3-5-15(19(20)21)16(11)26(22,23)24-14-8-6-13(7-9-14)17-18-12(2)10-25-17/h3-10H,1-2H3. The molecule has 2 aromatic carbocycles. The largest absolute Gasteiger partial charge is 0.379 e. The maximum Gasteiger partial charge on any atom is 0.346 e. The predicted molar refractivity (Wildman–Crippen MR) is 97.9 cm³/mol. The van der Waals surface area contributed by atoms with Crippen molar-refractivity contribution in [3.05, 3.63) is 69.2 Å². The molecule has 3 rings (SSSR count). The molecule has 0 amide bonds. The molecule has 7 nitrogen and oxygen atoms in total. The van der Waals surface area contributed by atoms with Crippen LogP contribution in [-0.4, -0.2) is 18.3 Å². The molecule has 0 saturated carbocycles. The van der Waals surface area contributed by atoms with Crippen molar-refractivity contribution in [1.29, 1.82) is 0 Å². The highest BCUT2D eigenvalue weighted by Gasteiger charge is 2.29. The lowest BCUT2D eigenvalue weighted by molar-refractivity contribution is -0.388. The van der Waals surface area contributed by atoms with Crippen molar-refractivity contribution in [3.63, 3.8) is 0 Å². The number of nitro groups is 1. The van der Waals surface area contributed by atoms with Gasteiger partial charge in [-0.05, 0) is 43.7 Å². The summed E-state index contributed by atoms with van der Waals surface area (Å²) >= 11 is 1.48. The van der Waals surface area contributed by atoms with Crippen LogP contribution in [0.25, 0.3) is 10.6 Å². The zero-order valence-corrected chi connectivity index (χ0v) is 15.5. The first-order valence-electron chi connectivity index (χ1n) is 7.49. The Morgan fingerprint density at radius 3 is 2.38 bits per heavy atom. The summed E-state index contributed by atoms with van der Waals surface area (Å²) < 4.78 is 30.2. The maximum atomic E-state index is 12.6. The minimum Gasteiger partial charge on any atom is -0.379 e. The Kier molecular flexibility index (Phi) is 4.75. The lowest BCUT2D eigenvalue weighted by atomic mass is 10.2. The molecule has 26 heavy (non-hydrogen) atoms. The molecule has 1 heterocycles. The number of rotatable bonds is 5. The average Bonchev–Trinajstić information content (AvgIpc) is 3.01. The van der Waals surface area contributed by atoms with E-state index in [1.807, 2.05) is 12.3 Å². The van der Waals surface area contributed by atoms with Gasteiger partial charge in [-0.15, -0.1) is 11.3 Å². The number of nitrogens with zero attached hydrogens (tertiary/aromatic N) is 2. The normalized spacial score (nSPS) is 11.3. The van der Waals surface area contributed by atoms with Crippen LogP contribution in [0.5, 0.6) is 5.75 Å². The minimum atomic E-state index is -4.35. The third kappa shape index (κ3) is 3.58. The molecule has 9 heteroatoms. The predicted octanol–water partition coefficient (Wildman–Crippen LogP) is 4.10. The van der Waals surface area contributed by atoms with Gasteiger partial charge in [0.25, 0.3) is 5.69 Å². The first kappa shape index (κ1) is 18.0. The number of hydrogen-bond donors (Lipinski definition) is 0. The van der Waals surface area contributed by atoms with Gasteiger partial charge in [0.15, 0.2) is 4.90 Å². The van der Waals surface area contributed by atoms with E-state index in [1.165, 1.54) is 42.5 Å². The highest BCUT2D eigenvalue weighted by atomic mass is 32.2. The number of hydrogen-bond acceptors (Lipinski definition) is 7. The van der Waals surface area contributed by atoms with E-state index in [-0.39, 0.29) is 11.3 Å². The van der Waals surface area contributed by atoms with Crippen LogP contribution < -0.4 is 4.18 Å². The van der Waals surface area contributed by atoms with Crippen LogP contribution in [0.15, 0.2) is 52.7 Å². The third-order valence-electron chi connectivity index (χ3n) is 3.56. The molecule has 0 aliphatic carbocycles. The summed E-state index contributed by atoms with van der Waals surface area (Å²) in [5.41, 5.74) is 1.46. The van der Waals surface area contributed by atoms with Crippen LogP contribution in [0.1, 0.15) is 11.3 Å². The van der Waals surface area contributed by atoms with E-state index in [9.17, 15) is 18.5 Å². The Balaban J connectivity index is 1.92. The molecule has 0 N–H and O–H groups in total. The summed E-state index contributed by atoms with van der Waals surface area (Å²) in [5.74, 6) is 0.0691. The monoisotopic (exact) mass is 390 g/mol. The van der Waals surface area contributed by atoms with E-state index in [0.717, 1.165) is 22.3 Å². The van der Waals surface area contributed by atoms with Crippen molar-refractivity contribution in [3.8, 4) is 16.3 Å². The van der Waals surface area contributed by atoms with Crippen LogP contribution >= 0.6 is 11.3 Å². The van der Waals surface area contributed by atoms with Gasteiger partial charge in [-0.3, -0.25) is 10.1 Å². The van der Waals surface area contributed by atoms with Crippen molar-refractivity contribution in [1.82, 2.24) is 4.98 Å². The summed E-state index contributed by atoms with van der Waals surface area (Å²) in [4.78, 5) is 14.3. The first-order valence-corrected chi connectivity index (χ1v) is 9.78.